The van der Waals surface area contributed by atoms with E-state index in [9.17, 15) is 4.79 Å². The number of benzene rings is 1. The van der Waals surface area contributed by atoms with E-state index in [2.05, 4.69) is 13.8 Å². The van der Waals surface area contributed by atoms with Gasteiger partial charge >= 0.3 is 0 Å². The monoisotopic (exact) mass is 273 g/mol. The number of ether oxygens (including phenoxy) is 1. The molecule has 1 saturated carbocycles. The Labute approximate surface area is 120 Å². The van der Waals surface area contributed by atoms with Crippen molar-refractivity contribution >= 4 is 11.5 Å². The second-order valence-electron chi connectivity index (χ2n) is 6.48. The van der Waals surface area contributed by atoms with Crippen molar-refractivity contribution in [2.75, 3.05) is 5.73 Å². The number of nitrogen functional groups attached to an aromatic ring is 1. The fourth-order valence-corrected chi connectivity index (χ4v) is 3.45. The second kappa shape index (κ2) is 4.80. The Hall–Kier alpha value is -1.51. The molecule has 1 aromatic rings. The minimum atomic E-state index is -0.293. The lowest BCUT2D eigenvalue weighted by atomic mass is 9.75. The first-order valence-corrected chi connectivity index (χ1v) is 7.67. The van der Waals surface area contributed by atoms with Crippen LogP contribution in [0.3, 0.4) is 0 Å². The molecule has 0 aromatic heterocycles. The number of fused-ring (bicyclic) bond motifs is 1. The first kappa shape index (κ1) is 13.5. The smallest absolute Gasteiger partial charge is 0.170 e. The molecule has 1 fully saturated rings. The molecule has 1 aliphatic carbocycles. The molecule has 0 saturated heterocycles. The molecule has 0 radical (unpaired) electrons. The number of hydrogen-bond donors (Lipinski definition) is 1. The van der Waals surface area contributed by atoms with E-state index >= 15 is 0 Å². The average Bonchev–Trinajstić information content (AvgIpc) is 2.43. The van der Waals surface area contributed by atoms with Crippen molar-refractivity contribution in [1.82, 2.24) is 0 Å². The fourth-order valence-electron chi connectivity index (χ4n) is 3.45. The van der Waals surface area contributed by atoms with Crippen molar-refractivity contribution in [3.05, 3.63) is 23.3 Å². The molecule has 2 aliphatic rings. The predicted molar refractivity (Wildman–Crippen MR) is 80.2 cm³/mol. The number of nitrogens with two attached hydrogens (primary N) is 1. The van der Waals surface area contributed by atoms with Crippen LogP contribution < -0.4 is 10.5 Å². The first-order valence-electron chi connectivity index (χ1n) is 7.67. The number of ketones is 1. The lowest BCUT2D eigenvalue weighted by Crippen LogP contribution is -2.45. The highest BCUT2D eigenvalue weighted by Crippen LogP contribution is 2.45. The molecule has 0 amide bonds. The van der Waals surface area contributed by atoms with Gasteiger partial charge in [0.1, 0.15) is 5.60 Å². The Morgan fingerprint density at radius 2 is 2.05 bits per heavy atom. The van der Waals surface area contributed by atoms with E-state index in [1.54, 1.807) is 0 Å². The van der Waals surface area contributed by atoms with Gasteiger partial charge in [0.05, 0.1) is 17.7 Å². The summed E-state index contributed by atoms with van der Waals surface area (Å²) in [6, 6.07) is 3.89. The molecule has 0 atom stereocenters. The Kier molecular flexibility index (Phi) is 3.23. The van der Waals surface area contributed by atoms with Gasteiger partial charge in [-0.1, -0.05) is 13.8 Å². The van der Waals surface area contributed by atoms with Crippen molar-refractivity contribution in [3.63, 3.8) is 0 Å². The Morgan fingerprint density at radius 3 is 2.70 bits per heavy atom. The van der Waals surface area contributed by atoms with Gasteiger partial charge in [-0.3, -0.25) is 4.79 Å². The zero-order valence-electron chi connectivity index (χ0n) is 12.4. The number of carbonyl (C=O) groups excluding carboxylic acids is 1. The molecule has 20 heavy (non-hydrogen) atoms. The van der Waals surface area contributed by atoms with Gasteiger partial charge in [-0.15, -0.1) is 0 Å². The third kappa shape index (κ3) is 2.19. The summed E-state index contributed by atoms with van der Waals surface area (Å²) in [6.45, 7) is 4.34. The van der Waals surface area contributed by atoms with Crippen molar-refractivity contribution in [3.8, 4) is 5.75 Å². The third-order valence-electron chi connectivity index (χ3n) is 4.87. The van der Waals surface area contributed by atoms with Crippen molar-refractivity contribution < 1.29 is 9.53 Å². The summed E-state index contributed by atoms with van der Waals surface area (Å²) < 4.78 is 6.26. The molecule has 1 heterocycles. The maximum Gasteiger partial charge on any atom is 0.170 e. The molecular formula is C17H23NO2. The normalized spacial score (nSPS) is 29.1. The van der Waals surface area contributed by atoms with E-state index < -0.39 is 0 Å². The van der Waals surface area contributed by atoms with Crippen LogP contribution in [-0.4, -0.2) is 11.4 Å². The molecule has 2 N–H and O–H groups in total. The lowest BCUT2D eigenvalue weighted by Gasteiger charge is -2.42. The highest BCUT2D eigenvalue weighted by molar-refractivity contribution is 6.02. The molecule has 108 valence electrons. The summed E-state index contributed by atoms with van der Waals surface area (Å²) in [6.07, 6.45) is 5.60. The number of rotatable bonds is 1. The summed E-state index contributed by atoms with van der Waals surface area (Å²) in [7, 11) is 0. The maximum absolute atomic E-state index is 12.5. The van der Waals surface area contributed by atoms with Crippen molar-refractivity contribution in [2.24, 2.45) is 5.92 Å². The standard InChI is InChI=1S/C17H23NO2/c1-3-12-8-13-15(19)10-17(6-4-11(2)5-7-17)20-16(13)14(18)9-12/h8-9,11H,3-7,10,18H2,1-2H3. The number of aryl methyl sites for hydroxylation is 1. The van der Waals surface area contributed by atoms with Crippen LogP contribution in [0.25, 0.3) is 0 Å². The quantitative estimate of drug-likeness (QED) is 0.793. The highest BCUT2D eigenvalue weighted by Gasteiger charge is 2.43. The summed E-state index contributed by atoms with van der Waals surface area (Å²) >= 11 is 0. The predicted octanol–water partition coefficient (Wildman–Crippen LogP) is 3.75. The van der Waals surface area contributed by atoms with Crippen LogP contribution in [0.4, 0.5) is 5.69 Å². The number of anilines is 1. The van der Waals surface area contributed by atoms with E-state index in [0.717, 1.165) is 43.6 Å². The summed E-state index contributed by atoms with van der Waals surface area (Å²) in [4.78, 5) is 12.5. The molecule has 1 aromatic carbocycles. The van der Waals surface area contributed by atoms with Gasteiger partial charge in [0, 0.05) is 0 Å². The summed E-state index contributed by atoms with van der Waals surface area (Å²) in [5.74, 6) is 1.57. The average molecular weight is 273 g/mol. The van der Waals surface area contributed by atoms with E-state index in [1.165, 1.54) is 0 Å². The van der Waals surface area contributed by atoms with E-state index in [4.69, 9.17) is 10.5 Å². The number of hydrogen-bond acceptors (Lipinski definition) is 3. The van der Waals surface area contributed by atoms with Crippen LogP contribution in [0.15, 0.2) is 12.1 Å². The molecule has 1 spiro atoms. The zero-order chi connectivity index (χ0) is 14.3. The maximum atomic E-state index is 12.5. The summed E-state index contributed by atoms with van der Waals surface area (Å²) in [5, 5.41) is 0. The van der Waals surface area contributed by atoms with Gasteiger partial charge < -0.3 is 10.5 Å². The Balaban J connectivity index is 1.97. The molecule has 0 unspecified atom stereocenters. The van der Waals surface area contributed by atoms with Crippen molar-refractivity contribution in [2.45, 2.75) is 58.0 Å². The van der Waals surface area contributed by atoms with Gasteiger partial charge in [-0.05, 0) is 55.7 Å². The van der Waals surface area contributed by atoms with Crippen LogP contribution in [0, 0.1) is 5.92 Å². The summed E-state index contributed by atoms with van der Waals surface area (Å²) in [5.41, 5.74) is 8.23. The van der Waals surface area contributed by atoms with Gasteiger partial charge in [0.2, 0.25) is 0 Å². The van der Waals surface area contributed by atoms with E-state index in [1.807, 2.05) is 12.1 Å². The topological polar surface area (TPSA) is 52.3 Å². The third-order valence-corrected chi connectivity index (χ3v) is 4.87. The van der Waals surface area contributed by atoms with Gasteiger partial charge in [0.25, 0.3) is 0 Å². The molecule has 3 nitrogen and oxygen atoms in total. The van der Waals surface area contributed by atoms with Crippen LogP contribution in [-0.2, 0) is 6.42 Å². The minimum absolute atomic E-state index is 0.197. The fraction of sp³-hybridized carbons (Fsp3) is 0.588. The highest BCUT2D eigenvalue weighted by atomic mass is 16.5. The Bertz CT molecular complexity index is 542. The van der Waals surface area contributed by atoms with Crippen LogP contribution in [0.1, 0.15) is 61.9 Å². The van der Waals surface area contributed by atoms with Crippen molar-refractivity contribution in [1.29, 1.82) is 0 Å². The largest absolute Gasteiger partial charge is 0.484 e. The molecule has 0 bridgehead atoms. The van der Waals surface area contributed by atoms with Crippen LogP contribution >= 0.6 is 0 Å². The molecule has 1 aliphatic heterocycles. The molecular weight excluding hydrogens is 250 g/mol. The number of Topliss-reactive ketones (excluding diaryl/α,β-unsaturated/α-hetero) is 1. The zero-order valence-corrected chi connectivity index (χ0v) is 12.4. The second-order valence-corrected chi connectivity index (χ2v) is 6.48. The number of carbonyl (C=O) groups is 1. The molecule has 3 heteroatoms. The molecule has 3 rings (SSSR count). The lowest BCUT2D eigenvalue weighted by molar-refractivity contribution is 0.00460. The Morgan fingerprint density at radius 1 is 1.35 bits per heavy atom. The van der Waals surface area contributed by atoms with Gasteiger partial charge in [0.15, 0.2) is 11.5 Å². The SMILES string of the molecule is CCc1cc(N)c2c(c1)C(=O)CC1(CCC(C)CC1)O2. The first-order chi connectivity index (χ1) is 9.53. The van der Waals surface area contributed by atoms with E-state index in [-0.39, 0.29) is 11.4 Å². The van der Waals surface area contributed by atoms with Crippen LogP contribution in [0.2, 0.25) is 0 Å². The van der Waals surface area contributed by atoms with Gasteiger partial charge in [-0.2, -0.15) is 0 Å². The minimum Gasteiger partial charge on any atom is -0.484 e. The van der Waals surface area contributed by atoms with Crippen LogP contribution in [0.5, 0.6) is 5.75 Å². The van der Waals surface area contributed by atoms with Gasteiger partial charge in [-0.25, -0.2) is 0 Å². The van der Waals surface area contributed by atoms with E-state index in [0.29, 0.717) is 23.4 Å².